The van der Waals surface area contributed by atoms with E-state index in [-0.39, 0.29) is 35.5 Å². The van der Waals surface area contributed by atoms with Crippen molar-refractivity contribution in [2.24, 2.45) is 0 Å². The summed E-state index contributed by atoms with van der Waals surface area (Å²) in [6, 6.07) is 1.22. The molecule has 168 valence electrons. The number of aromatic nitrogens is 2. The molecule has 1 aromatic heterocycles. The van der Waals surface area contributed by atoms with Crippen molar-refractivity contribution >= 4 is 17.7 Å². The van der Waals surface area contributed by atoms with Crippen LogP contribution in [0.25, 0.3) is 0 Å². The summed E-state index contributed by atoms with van der Waals surface area (Å²) in [5.41, 5.74) is -0.315. The van der Waals surface area contributed by atoms with Gasteiger partial charge in [-0.25, -0.2) is 14.8 Å². The average Bonchev–Trinajstić information content (AvgIpc) is 2.58. The Balaban J connectivity index is 1.61. The SMILES string of the molecule is CC(C)(C)OC(=O)N1CCN(C2CC(c3cc(Cl)nc(C(F)(F)F)n3)C2)[C@@H](CO)C1. The molecule has 2 heterocycles. The minimum Gasteiger partial charge on any atom is -0.444 e. The van der Waals surface area contributed by atoms with Crippen LogP contribution < -0.4 is 0 Å². The highest BCUT2D eigenvalue weighted by molar-refractivity contribution is 6.29. The molecule has 0 unspecified atom stereocenters. The van der Waals surface area contributed by atoms with Gasteiger partial charge in [-0.05, 0) is 39.7 Å². The number of amides is 1. The maximum Gasteiger partial charge on any atom is 0.451 e. The Hall–Kier alpha value is -1.65. The van der Waals surface area contributed by atoms with E-state index in [2.05, 4.69) is 14.9 Å². The zero-order valence-corrected chi connectivity index (χ0v) is 17.9. The minimum absolute atomic E-state index is 0.0935. The van der Waals surface area contributed by atoms with Gasteiger partial charge < -0.3 is 14.7 Å². The summed E-state index contributed by atoms with van der Waals surface area (Å²) in [7, 11) is 0. The fourth-order valence-electron chi connectivity index (χ4n) is 3.88. The molecule has 2 aliphatic rings. The first kappa shape index (κ1) is 23.0. The molecule has 0 radical (unpaired) electrons. The monoisotopic (exact) mass is 450 g/mol. The summed E-state index contributed by atoms with van der Waals surface area (Å²) in [6.07, 6.45) is -3.85. The molecule has 1 saturated heterocycles. The Labute approximate surface area is 178 Å². The smallest absolute Gasteiger partial charge is 0.444 e. The highest BCUT2D eigenvalue weighted by atomic mass is 35.5. The number of piperazine rings is 1. The topological polar surface area (TPSA) is 78.8 Å². The van der Waals surface area contributed by atoms with E-state index in [4.69, 9.17) is 16.3 Å². The first-order valence-electron chi connectivity index (χ1n) is 9.83. The Bertz CT molecular complexity index is 781. The molecule has 0 bridgehead atoms. The lowest BCUT2D eigenvalue weighted by Crippen LogP contribution is -2.61. The van der Waals surface area contributed by atoms with Crippen molar-refractivity contribution in [3.05, 3.63) is 22.7 Å². The quantitative estimate of drug-likeness (QED) is 0.712. The van der Waals surface area contributed by atoms with Gasteiger partial charge in [0.15, 0.2) is 0 Å². The molecule has 1 atom stereocenters. The molecular weight excluding hydrogens is 425 g/mol. The summed E-state index contributed by atoms with van der Waals surface area (Å²) in [4.78, 5) is 22.9. The van der Waals surface area contributed by atoms with Gasteiger partial charge >= 0.3 is 12.3 Å². The van der Waals surface area contributed by atoms with Crippen molar-refractivity contribution in [1.82, 2.24) is 19.8 Å². The van der Waals surface area contributed by atoms with Gasteiger partial charge in [0.05, 0.1) is 12.6 Å². The number of carbonyl (C=O) groups is 1. The van der Waals surface area contributed by atoms with Gasteiger partial charge in [0.2, 0.25) is 5.82 Å². The van der Waals surface area contributed by atoms with Crippen molar-refractivity contribution in [2.45, 2.75) is 63.4 Å². The number of ether oxygens (including phenoxy) is 1. The van der Waals surface area contributed by atoms with Crippen LogP contribution in [0.15, 0.2) is 6.07 Å². The average molecular weight is 451 g/mol. The summed E-state index contributed by atoms with van der Waals surface area (Å²) >= 11 is 5.76. The lowest BCUT2D eigenvalue weighted by Gasteiger charge is -2.49. The Morgan fingerprint density at radius 2 is 1.93 bits per heavy atom. The second-order valence-electron chi connectivity index (χ2n) is 8.76. The number of carbonyl (C=O) groups excluding carboxylic acids is 1. The van der Waals surface area contributed by atoms with Crippen LogP contribution in [0.2, 0.25) is 5.15 Å². The molecule has 3 rings (SSSR count). The zero-order valence-electron chi connectivity index (χ0n) is 17.1. The normalized spacial score (nSPS) is 25.7. The summed E-state index contributed by atoms with van der Waals surface area (Å²) in [6.45, 7) is 6.61. The van der Waals surface area contributed by atoms with Crippen LogP contribution in [-0.2, 0) is 10.9 Å². The fraction of sp³-hybridized carbons (Fsp3) is 0.737. The molecule has 1 aromatic rings. The van der Waals surface area contributed by atoms with Crippen LogP contribution in [0.3, 0.4) is 0 Å². The third-order valence-electron chi connectivity index (χ3n) is 5.36. The third kappa shape index (κ3) is 5.33. The van der Waals surface area contributed by atoms with E-state index in [1.54, 1.807) is 25.7 Å². The summed E-state index contributed by atoms with van der Waals surface area (Å²) in [5, 5.41) is 9.60. The molecule has 1 aliphatic heterocycles. The van der Waals surface area contributed by atoms with E-state index in [1.807, 2.05) is 0 Å². The zero-order chi connectivity index (χ0) is 22.3. The van der Waals surface area contributed by atoms with Gasteiger partial charge in [0.25, 0.3) is 0 Å². The van der Waals surface area contributed by atoms with E-state index in [9.17, 15) is 23.1 Å². The largest absolute Gasteiger partial charge is 0.451 e. The number of hydrogen-bond donors (Lipinski definition) is 1. The second kappa shape index (κ2) is 8.47. The predicted molar refractivity (Wildman–Crippen MR) is 103 cm³/mol. The highest BCUT2D eigenvalue weighted by Gasteiger charge is 2.42. The van der Waals surface area contributed by atoms with Crippen LogP contribution in [0.4, 0.5) is 18.0 Å². The predicted octanol–water partition coefficient (Wildman–Crippen LogP) is 3.31. The molecule has 1 amide bonds. The molecule has 0 spiro atoms. The van der Waals surface area contributed by atoms with Crippen molar-refractivity contribution in [1.29, 1.82) is 0 Å². The number of alkyl halides is 3. The first-order chi connectivity index (χ1) is 13.9. The Kier molecular flexibility index (Phi) is 6.50. The van der Waals surface area contributed by atoms with Crippen molar-refractivity contribution in [3.63, 3.8) is 0 Å². The fourth-order valence-corrected chi connectivity index (χ4v) is 4.07. The Morgan fingerprint density at radius 1 is 1.27 bits per heavy atom. The molecule has 11 heteroatoms. The minimum atomic E-state index is -4.65. The van der Waals surface area contributed by atoms with Gasteiger partial charge in [-0.2, -0.15) is 13.2 Å². The lowest BCUT2D eigenvalue weighted by molar-refractivity contribution is -0.145. The number of aliphatic hydroxyl groups is 1. The number of hydrogen-bond acceptors (Lipinski definition) is 6. The van der Waals surface area contributed by atoms with Gasteiger partial charge in [-0.3, -0.25) is 4.90 Å². The number of rotatable bonds is 3. The van der Waals surface area contributed by atoms with Crippen molar-refractivity contribution < 1.29 is 27.8 Å². The maximum absolute atomic E-state index is 12.9. The number of aliphatic hydroxyl groups excluding tert-OH is 1. The van der Waals surface area contributed by atoms with E-state index >= 15 is 0 Å². The molecule has 1 aliphatic carbocycles. The maximum atomic E-state index is 12.9. The summed E-state index contributed by atoms with van der Waals surface area (Å²) in [5.74, 6) is -1.38. The van der Waals surface area contributed by atoms with Gasteiger partial charge in [-0.1, -0.05) is 11.6 Å². The van der Waals surface area contributed by atoms with E-state index in [0.717, 1.165) is 0 Å². The van der Waals surface area contributed by atoms with Crippen molar-refractivity contribution in [3.8, 4) is 0 Å². The van der Waals surface area contributed by atoms with Crippen LogP contribution >= 0.6 is 11.6 Å². The van der Waals surface area contributed by atoms with Gasteiger partial charge in [0.1, 0.15) is 10.8 Å². The van der Waals surface area contributed by atoms with E-state index < -0.39 is 23.7 Å². The molecule has 1 saturated carbocycles. The van der Waals surface area contributed by atoms with Gasteiger partial charge in [-0.15, -0.1) is 0 Å². The molecular formula is C19H26ClF3N4O3. The number of nitrogens with zero attached hydrogens (tertiary/aromatic N) is 4. The summed E-state index contributed by atoms with van der Waals surface area (Å²) < 4.78 is 44.2. The van der Waals surface area contributed by atoms with Gasteiger partial charge in [0, 0.05) is 37.3 Å². The van der Waals surface area contributed by atoms with Crippen LogP contribution in [-0.4, -0.2) is 74.9 Å². The molecule has 30 heavy (non-hydrogen) atoms. The van der Waals surface area contributed by atoms with E-state index in [0.29, 0.717) is 32.5 Å². The standard InChI is InChI=1S/C19H26ClF3N4O3/c1-18(2,3)30-17(29)26-4-5-27(13(9-26)10-28)12-6-11(7-12)14-8-15(20)25-16(24-14)19(21,22)23/h8,11-13,28H,4-7,9-10H2,1-3H3/t11?,12?,13-/m1/s1. The Morgan fingerprint density at radius 3 is 2.50 bits per heavy atom. The molecule has 7 nitrogen and oxygen atoms in total. The van der Waals surface area contributed by atoms with Crippen LogP contribution in [0.5, 0.6) is 0 Å². The second-order valence-corrected chi connectivity index (χ2v) is 9.15. The molecule has 0 aromatic carbocycles. The van der Waals surface area contributed by atoms with Crippen LogP contribution in [0, 0.1) is 0 Å². The molecule has 1 N–H and O–H groups in total. The van der Waals surface area contributed by atoms with Crippen molar-refractivity contribution in [2.75, 3.05) is 26.2 Å². The third-order valence-corrected chi connectivity index (χ3v) is 5.55. The number of halogens is 4. The van der Waals surface area contributed by atoms with Crippen LogP contribution in [0.1, 0.15) is 51.0 Å². The molecule has 2 fully saturated rings. The first-order valence-corrected chi connectivity index (χ1v) is 10.2. The highest BCUT2D eigenvalue weighted by Crippen LogP contribution is 2.41. The van der Waals surface area contributed by atoms with E-state index in [1.165, 1.54) is 6.07 Å². The lowest BCUT2D eigenvalue weighted by atomic mass is 9.76.